The molecule has 0 unspecified atom stereocenters. The van der Waals surface area contributed by atoms with Crippen molar-refractivity contribution in [1.29, 1.82) is 0 Å². The monoisotopic (exact) mass is 524 g/mol. The first-order valence-corrected chi connectivity index (χ1v) is 13.9. The van der Waals surface area contributed by atoms with Crippen molar-refractivity contribution in [2.24, 2.45) is 0 Å². The fourth-order valence-corrected chi connectivity index (χ4v) is 6.97. The van der Waals surface area contributed by atoms with E-state index in [0.717, 1.165) is 29.8 Å². The molecule has 0 N–H and O–H groups in total. The Bertz CT molecular complexity index is 1320. The first-order valence-electron chi connectivity index (χ1n) is 12.5. The van der Waals surface area contributed by atoms with Crippen molar-refractivity contribution < 1.29 is 22.6 Å². The number of hydrogen-bond donors (Lipinski definition) is 0. The highest BCUT2D eigenvalue weighted by atomic mass is 32.2. The zero-order chi connectivity index (χ0) is 26.6. The molecule has 3 aromatic rings. The van der Waals surface area contributed by atoms with Crippen molar-refractivity contribution in [2.75, 3.05) is 38.7 Å². The summed E-state index contributed by atoms with van der Waals surface area (Å²) >= 11 is 0. The van der Waals surface area contributed by atoms with E-state index in [1.165, 1.54) is 0 Å². The summed E-state index contributed by atoms with van der Waals surface area (Å²) in [6.45, 7) is 6.04. The van der Waals surface area contributed by atoms with Gasteiger partial charge in [-0.25, -0.2) is 8.42 Å². The number of sulfonamides is 1. The zero-order valence-corrected chi connectivity index (χ0v) is 23.0. The first kappa shape index (κ1) is 26.8. The van der Waals surface area contributed by atoms with E-state index in [1.807, 2.05) is 62.4 Å². The van der Waals surface area contributed by atoms with Gasteiger partial charge < -0.3 is 14.2 Å². The molecule has 1 aliphatic rings. The van der Waals surface area contributed by atoms with E-state index in [4.69, 9.17) is 14.2 Å². The minimum Gasteiger partial charge on any atom is -0.493 e. The van der Waals surface area contributed by atoms with Gasteiger partial charge in [0.25, 0.3) is 10.0 Å². The quantitative estimate of drug-likeness (QED) is 0.384. The Morgan fingerprint density at radius 2 is 1.49 bits per heavy atom. The van der Waals surface area contributed by atoms with E-state index in [0.29, 0.717) is 47.2 Å². The number of aryl methyl sites for hydroxylation is 2. The van der Waals surface area contributed by atoms with Gasteiger partial charge in [0.1, 0.15) is 0 Å². The number of anilines is 1. The molecule has 3 aromatic carbocycles. The highest BCUT2D eigenvalue weighted by molar-refractivity contribution is 7.93. The number of nitrogens with zero attached hydrogens (tertiary/aromatic N) is 2. The van der Waals surface area contributed by atoms with Crippen LogP contribution in [0.25, 0.3) is 0 Å². The molecule has 0 radical (unpaired) electrons. The lowest BCUT2D eigenvalue weighted by Gasteiger charge is -2.39. The van der Waals surface area contributed by atoms with Crippen molar-refractivity contribution in [1.82, 2.24) is 4.90 Å². The Morgan fingerprint density at radius 3 is 2.08 bits per heavy atom. The van der Waals surface area contributed by atoms with Gasteiger partial charge in [-0.1, -0.05) is 42.0 Å². The molecular weight excluding hydrogens is 488 g/mol. The van der Waals surface area contributed by atoms with Gasteiger partial charge in [-0.05, 0) is 56.5 Å². The summed E-state index contributed by atoms with van der Waals surface area (Å²) in [5, 5.41) is 0. The van der Waals surface area contributed by atoms with Crippen LogP contribution in [-0.4, -0.2) is 53.8 Å². The predicted molar refractivity (Wildman–Crippen MR) is 146 cm³/mol. The van der Waals surface area contributed by atoms with Crippen LogP contribution in [-0.2, 0) is 16.6 Å². The van der Waals surface area contributed by atoms with Gasteiger partial charge in [0.2, 0.25) is 5.75 Å². The minimum atomic E-state index is -3.74. The molecule has 8 heteroatoms. The molecule has 1 saturated heterocycles. The molecule has 4 rings (SSSR count). The Morgan fingerprint density at radius 1 is 0.838 bits per heavy atom. The molecule has 0 aromatic heterocycles. The normalized spacial score (nSPS) is 14.8. The third-order valence-electron chi connectivity index (χ3n) is 6.99. The zero-order valence-electron chi connectivity index (χ0n) is 22.2. The lowest BCUT2D eigenvalue weighted by atomic mass is 10.0. The Kier molecular flexibility index (Phi) is 8.29. The van der Waals surface area contributed by atoms with Crippen molar-refractivity contribution in [2.45, 2.75) is 44.2 Å². The highest BCUT2D eigenvalue weighted by Gasteiger charge is 2.35. The van der Waals surface area contributed by atoms with E-state index >= 15 is 0 Å². The lowest BCUT2D eigenvalue weighted by molar-refractivity contribution is 0.203. The van der Waals surface area contributed by atoms with E-state index in [-0.39, 0.29) is 6.04 Å². The van der Waals surface area contributed by atoms with Gasteiger partial charge in [0.05, 0.1) is 31.9 Å². The smallest absolute Gasteiger partial charge is 0.264 e. The molecule has 198 valence electrons. The highest BCUT2D eigenvalue weighted by Crippen LogP contribution is 2.40. The van der Waals surface area contributed by atoms with Crippen LogP contribution < -0.4 is 18.5 Å². The van der Waals surface area contributed by atoms with E-state index in [2.05, 4.69) is 4.90 Å². The Hall–Kier alpha value is -3.23. The molecule has 7 nitrogen and oxygen atoms in total. The summed E-state index contributed by atoms with van der Waals surface area (Å²) in [4.78, 5) is 2.68. The van der Waals surface area contributed by atoms with Crippen molar-refractivity contribution in [3.05, 3.63) is 77.4 Å². The van der Waals surface area contributed by atoms with Crippen LogP contribution in [0.5, 0.6) is 17.2 Å². The van der Waals surface area contributed by atoms with E-state index in [1.54, 1.807) is 37.8 Å². The molecule has 1 heterocycles. The number of rotatable bonds is 9. The van der Waals surface area contributed by atoms with Gasteiger partial charge in [-0.15, -0.1) is 0 Å². The predicted octanol–water partition coefficient (Wildman–Crippen LogP) is 5.19. The van der Waals surface area contributed by atoms with Crippen LogP contribution in [0.1, 0.15) is 29.5 Å². The first-order chi connectivity index (χ1) is 17.8. The lowest BCUT2D eigenvalue weighted by Crippen LogP contribution is -2.47. The summed E-state index contributed by atoms with van der Waals surface area (Å²) in [5.74, 6) is 1.86. The largest absolute Gasteiger partial charge is 0.493 e. The maximum atomic E-state index is 14.0. The third kappa shape index (κ3) is 5.55. The molecule has 1 fully saturated rings. The van der Waals surface area contributed by atoms with Gasteiger partial charge in [-0.2, -0.15) is 0 Å². The standard InChI is InChI=1S/C29H36N2O5S/c1-21-10-13-24(14-11-21)31(37(32,33)27-9-7-6-8-22(27)2)25-16-18-30(19-17-25)20-23-12-15-26(34-3)29(36-5)28(23)35-4/h6-15,25H,16-20H2,1-5H3. The maximum Gasteiger partial charge on any atom is 0.264 e. The second-order valence-electron chi connectivity index (χ2n) is 9.40. The summed E-state index contributed by atoms with van der Waals surface area (Å²) in [7, 11) is 1.10. The van der Waals surface area contributed by atoms with Gasteiger partial charge in [0.15, 0.2) is 11.5 Å². The van der Waals surface area contributed by atoms with Crippen molar-refractivity contribution in [3.8, 4) is 17.2 Å². The van der Waals surface area contributed by atoms with Crippen molar-refractivity contribution in [3.63, 3.8) is 0 Å². The molecular formula is C29H36N2O5S. The summed E-state index contributed by atoms with van der Waals surface area (Å²) in [6, 6.07) is 18.7. The van der Waals surface area contributed by atoms with Crippen LogP contribution in [0.3, 0.4) is 0 Å². The summed E-state index contributed by atoms with van der Waals surface area (Å²) in [5.41, 5.74) is 3.55. The van der Waals surface area contributed by atoms with Crippen LogP contribution in [0, 0.1) is 13.8 Å². The number of hydrogen-bond acceptors (Lipinski definition) is 6. The van der Waals surface area contributed by atoms with Gasteiger partial charge >= 0.3 is 0 Å². The number of benzene rings is 3. The average Bonchev–Trinajstić information content (AvgIpc) is 2.90. The van der Waals surface area contributed by atoms with Gasteiger partial charge in [0, 0.05) is 31.2 Å². The summed E-state index contributed by atoms with van der Waals surface area (Å²) < 4.78 is 46.2. The molecule has 0 spiro atoms. The maximum absolute atomic E-state index is 14.0. The average molecular weight is 525 g/mol. The van der Waals surface area contributed by atoms with E-state index < -0.39 is 10.0 Å². The Balaban J connectivity index is 1.58. The molecule has 37 heavy (non-hydrogen) atoms. The molecule has 0 atom stereocenters. The van der Waals surface area contributed by atoms with Crippen LogP contribution in [0.15, 0.2) is 65.6 Å². The van der Waals surface area contributed by atoms with Gasteiger partial charge in [-0.3, -0.25) is 9.21 Å². The second-order valence-corrected chi connectivity index (χ2v) is 11.2. The summed E-state index contributed by atoms with van der Waals surface area (Å²) in [6.07, 6.45) is 1.43. The van der Waals surface area contributed by atoms with Crippen LogP contribution >= 0.6 is 0 Å². The number of likely N-dealkylation sites (tertiary alicyclic amines) is 1. The van der Waals surface area contributed by atoms with Crippen LogP contribution in [0.4, 0.5) is 5.69 Å². The Labute approximate surface area is 220 Å². The molecule has 0 bridgehead atoms. The fraction of sp³-hybridized carbons (Fsp3) is 0.379. The SMILES string of the molecule is COc1ccc(CN2CCC(N(c3ccc(C)cc3)S(=O)(=O)c3ccccc3C)CC2)c(OC)c1OC. The number of ether oxygens (including phenoxy) is 3. The fourth-order valence-electron chi connectivity index (χ4n) is 5.03. The number of piperidine rings is 1. The van der Waals surface area contributed by atoms with Crippen molar-refractivity contribution >= 4 is 15.7 Å². The molecule has 1 aliphatic heterocycles. The molecule has 0 saturated carbocycles. The minimum absolute atomic E-state index is 0.143. The topological polar surface area (TPSA) is 68.3 Å². The van der Waals surface area contributed by atoms with E-state index in [9.17, 15) is 8.42 Å². The second kappa shape index (κ2) is 11.4. The van der Waals surface area contributed by atoms with Crippen LogP contribution in [0.2, 0.25) is 0 Å². The third-order valence-corrected chi connectivity index (χ3v) is 9.03. The number of methoxy groups -OCH3 is 3. The molecule has 0 amide bonds. The molecule has 0 aliphatic carbocycles.